The molecule has 1 saturated heterocycles. The second-order valence-corrected chi connectivity index (χ2v) is 5.91. The fourth-order valence-corrected chi connectivity index (χ4v) is 2.69. The number of carbonyl (C=O) groups is 2. The van der Waals surface area contributed by atoms with Gasteiger partial charge in [0.05, 0.1) is 0 Å². The van der Waals surface area contributed by atoms with Crippen LogP contribution in [0, 0.1) is 20.8 Å². The van der Waals surface area contributed by atoms with E-state index in [1.165, 1.54) is 35.3 Å². The molecule has 1 aliphatic heterocycles. The van der Waals surface area contributed by atoms with Crippen molar-refractivity contribution in [1.29, 1.82) is 0 Å². The van der Waals surface area contributed by atoms with E-state index in [0.29, 0.717) is 12.2 Å². The summed E-state index contributed by atoms with van der Waals surface area (Å²) >= 11 is 0. The smallest absolute Gasteiger partial charge is 0.328 e. The van der Waals surface area contributed by atoms with Crippen molar-refractivity contribution in [2.24, 2.45) is 0 Å². The van der Waals surface area contributed by atoms with Crippen LogP contribution in [0.5, 0.6) is 0 Å². The van der Waals surface area contributed by atoms with Crippen LogP contribution in [0.1, 0.15) is 22.3 Å². The summed E-state index contributed by atoms with van der Waals surface area (Å²) in [6.07, 6.45) is 1.12. The zero-order valence-electron chi connectivity index (χ0n) is 14.5. The van der Waals surface area contributed by atoms with Crippen LogP contribution in [-0.4, -0.2) is 53.2 Å². The zero-order valence-corrected chi connectivity index (χ0v) is 14.5. The first-order valence-electron chi connectivity index (χ1n) is 7.93. The van der Waals surface area contributed by atoms with E-state index in [0.717, 1.165) is 19.6 Å². The number of nitrogens with one attached hydrogen (secondary N) is 1. The SMILES string of the molecule is Cc1cc(C)c(CN2CCNCC2)c(C)c1.O=C(O)/C=C/C(=O)O. The van der Waals surface area contributed by atoms with Crippen molar-refractivity contribution >= 4 is 11.9 Å². The molecule has 0 amide bonds. The normalized spacial score (nSPS) is 15.0. The molecule has 1 aliphatic rings. The van der Waals surface area contributed by atoms with Crippen molar-refractivity contribution < 1.29 is 19.8 Å². The Hall–Kier alpha value is -2.18. The van der Waals surface area contributed by atoms with Gasteiger partial charge in [-0.25, -0.2) is 9.59 Å². The van der Waals surface area contributed by atoms with Gasteiger partial charge in [-0.3, -0.25) is 4.90 Å². The number of aliphatic carboxylic acids is 2. The first kappa shape index (κ1) is 19.9. The fraction of sp³-hybridized carbons (Fsp3) is 0.444. The molecule has 0 aliphatic carbocycles. The number of aryl methyl sites for hydroxylation is 3. The first-order chi connectivity index (χ1) is 11.3. The number of hydrogen-bond donors (Lipinski definition) is 3. The highest BCUT2D eigenvalue weighted by atomic mass is 16.4. The number of hydrogen-bond acceptors (Lipinski definition) is 4. The van der Waals surface area contributed by atoms with Crippen LogP contribution < -0.4 is 5.32 Å². The Morgan fingerprint density at radius 1 is 1.04 bits per heavy atom. The largest absolute Gasteiger partial charge is 0.478 e. The van der Waals surface area contributed by atoms with E-state index in [2.05, 4.69) is 43.1 Å². The number of benzene rings is 1. The molecule has 3 N–H and O–H groups in total. The second kappa shape index (κ2) is 9.85. The van der Waals surface area contributed by atoms with E-state index in [-0.39, 0.29) is 0 Å². The van der Waals surface area contributed by atoms with Crippen molar-refractivity contribution in [2.75, 3.05) is 26.2 Å². The van der Waals surface area contributed by atoms with Gasteiger partial charge in [-0.2, -0.15) is 0 Å². The van der Waals surface area contributed by atoms with E-state index >= 15 is 0 Å². The molecule has 0 unspecified atom stereocenters. The minimum atomic E-state index is -1.26. The highest BCUT2D eigenvalue weighted by molar-refractivity contribution is 5.89. The van der Waals surface area contributed by atoms with Gasteiger partial charge in [-0.15, -0.1) is 0 Å². The first-order valence-corrected chi connectivity index (χ1v) is 7.93. The number of nitrogens with zero attached hydrogens (tertiary/aromatic N) is 1. The zero-order chi connectivity index (χ0) is 18.1. The Morgan fingerprint density at radius 3 is 1.92 bits per heavy atom. The number of carboxylic acid groups (broad SMARTS) is 2. The Balaban J connectivity index is 0.000000307. The molecule has 0 radical (unpaired) electrons. The van der Waals surface area contributed by atoms with Gasteiger partial charge in [-0.05, 0) is 37.5 Å². The quantitative estimate of drug-likeness (QED) is 0.727. The van der Waals surface area contributed by atoms with Crippen molar-refractivity contribution in [2.45, 2.75) is 27.3 Å². The lowest BCUT2D eigenvalue weighted by Gasteiger charge is -2.28. The molecule has 6 nitrogen and oxygen atoms in total. The van der Waals surface area contributed by atoms with Crippen LogP contribution >= 0.6 is 0 Å². The summed E-state index contributed by atoms with van der Waals surface area (Å²) in [5.74, 6) is -2.51. The van der Waals surface area contributed by atoms with Gasteiger partial charge in [0.15, 0.2) is 0 Å². The van der Waals surface area contributed by atoms with Crippen LogP contribution in [-0.2, 0) is 16.1 Å². The van der Waals surface area contributed by atoms with Crippen molar-refractivity contribution in [3.8, 4) is 0 Å². The van der Waals surface area contributed by atoms with Crippen molar-refractivity contribution in [3.63, 3.8) is 0 Å². The van der Waals surface area contributed by atoms with E-state index in [1.54, 1.807) is 0 Å². The molecule has 24 heavy (non-hydrogen) atoms. The average molecular weight is 334 g/mol. The monoisotopic (exact) mass is 334 g/mol. The molecule has 1 aromatic carbocycles. The molecule has 0 bridgehead atoms. The molecule has 1 aromatic rings. The third-order valence-corrected chi connectivity index (χ3v) is 3.80. The number of rotatable bonds is 4. The summed E-state index contributed by atoms with van der Waals surface area (Å²) in [7, 11) is 0. The van der Waals surface area contributed by atoms with Gasteiger partial charge >= 0.3 is 11.9 Å². The minimum Gasteiger partial charge on any atom is -0.478 e. The maximum absolute atomic E-state index is 9.55. The molecule has 2 rings (SSSR count). The fourth-order valence-electron chi connectivity index (χ4n) is 2.69. The van der Waals surface area contributed by atoms with E-state index in [9.17, 15) is 9.59 Å². The molecule has 0 atom stereocenters. The molecule has 1 fully saturated rings. The lowest BCUT2D eigenvalue weighted by molar-refractivity contribution is -0.134. The Morgan fingerprint density at radius 2 is 1.50 bits per heavy atom. The summed E-state index contributed by atoms with van der Waals surface area (Å²) < 4.78 is 0. The van der Waals surface area contributed by atoms with Crippen LogP contribution in [0.4, 0.5) is 0 Å². The van der Waals surface area contributed by atoms with Crippen LogP contribution in [0.15, 0.2) is 24.3 Å². The predicted molar refractivity (Wildman–Crippen MR) is 93.2 cm³/mol. The standard InChI is InChI=1S/C14H22N2.C4H4O4/c1-11-8-12(2)14(13(3)9-11)10-16-6-4-15-5-7-16;5-3(6)1-2-4(7)8/h8-9,15H,4-7,10H2,1-3H3;1-2H,(H,5,6)(H,7,8)/b;2-1+. The third-order valence-electron chi connectivity index (χ3n) is 3.80. The molecular weight excluding hydrogens is 308 g/mol. The van der Waals surface area contributed by atoms with Crippen LogP contribution in [0.3, 0.4) is 0 Å². The van der Waals surface area contributed by atoms with Gasteiger partial charge in [0, 0.05) is 44.9 Å². The average Bonchev–Trinajstić information content (AvgIpc) is 2.50. The van der Waals surface area contributed by atoms with Gasteiger partial charge < -0.3 is 15.5 Å². The molecule has 0 saturated carbocycles. The van der Waals surface area contributed by atoms with Crippen LogP contribution in [0.2, 0.25) is 0 Å². The number of piperazine rings is 1. The Bertz CT molecular complexity index is 566. The van der Waals surface area contributed by atoms with E-state index in [4.69, 9.17) is 10.2 Å². The summed E-state index contributed by atoms with van der Waals surface area (Å²) in [5.41, 5.74) is 5.78. The van der Waals surface area contributed by atoms with Gasteiger partial charge in [0.25, 0.3) is 0 Å². The minimum absolute atomic E-state index is 0.558. The molecule has 6 heteroatoms. The lowest BCUT2D eigenvalue weighted by atomic mass is 9.99. The van der Waals surface area contributed by atoms with Gasteiger partial charge in [0.2, 0.25) is 0 Å². The Kier molecular flexibility index (Phi) is 8.15. The Labute approximate surface area is 142 Å². The van der Waals surface area contributed by atoms with Crippen molar-refractivity contribution in [1.82, 2.24) is 10.2 Å². The van der Waals surface area contributed by atoms with E-state index in [1.807, 2.05) is 0 Å². The lowest BCUT2D eigenvalue weighted by Crippen LogP contribution is -2.43. The molecule has 0 spiro atoms. The highest BCUT2D eigenvalue weighted by Crippen LogP contribution is 2.18. The van der Waals surface area contributed by atoms with Crippen LogP contribution in [0.25, 0.3) is 0 Å². The van der Waals surface area contributed by atoms with E-state index < -0.39 is 11.9 Å². The molecule has 1 heterocycles. The highest BCUT2D eigenvalue weighted by Gasteiger charge is 2.12. The predicted octanol–water partition coefficient (Wildman–Crippen LogP) is 1.73. The number of carboxylic acids is 2. The summed E-state index contributed by atoms with van der Waals surface area (Å²) in [4.78, 5) is 21.7. The maximum atomic E-state index is 9.55. The topological polar surface area (TPSA) is 89.9 Å². The second-order valence-electron chi connectivity index (χ2n) is 5.91. The van der Waals surface area contributed by atoms with Crippen molar-refractivity contribution in [3.05, 3.63) is 46.5 Å². The molecular formula is C18H26N2O4. The third kappa shape index (κ3) is 7.39. The summed E-state index contributed by atoms with van der Waals surface area (Å²) in [5, 5.41) is 19.0. The van der Waals surface area contributed by atoms with Gasteiger partial charge in [0.1, 0.15) is 0 Å². The van der Waals surface area contributed by atoms with Gasteiger partial charge in [-0.1, -0.05) is 17.7 Å². The molecule has 0 aromatic heterocycles. The summed E-state index contributed by atoms with van der Waals surface area (Å²) in [6.45, 7) is 12.4. The maximum Gasteiger partial charge on any atom is 0.328 e. The molecule has 132 valence electrons. The summed E-state index contributed by atoms with van der Waals surface area (Å²) in [6, 6.07) is 4.59.